The predicted octanol–water partition coefficient (Wildman–Crippen LogP) is 1.39. The highest BCUT2D eigenvalue weighted by atomic mass is 32.1. The number of hydrogen-bond donors (Lipinski definition) is 2. The third-order valence-corrected chi connectivity index (χ3v) is 3.02. The van der Waals surface area contributed by atoms with Crippen molar-refractivity contribution in [2.45, 2.75) is 19.9 Å². The average molecular weight is 212 g/mol. The maximum absolute atomic E-state index is 11.6. The Kier molecular flexibility index (Phi) is 4.10. The number of likely N-dealkylation sites (N-methyl/N-ethyl adjacent to an activating group) is 1. The second-order valence-electron chi connectivity index (χ2n) is 3.37. The highest BCUT2D eigenvalue weighted by Crippen LogP contribution is 2.12. The summed E-state index contributed by atoms with van der Waals surface area (Å²) in [5.41, 5.74) is 1.84. The molecule has 0 saturated carbocycles. The number of aryl methyl sites for hydroxylation is 1. The Morgan fingerprint density at radius 2 is 2.29 bits per heavy atom. The van der Waals surface area contributed by atoms with Gasteiger partial charge in [-0.05, 0) is 31.8 Å². The van der Waals surface area contributed by atoms with Crippen molar-refractivity contribution < 1.29 is 4.79 Å². The lowest BCUT2D eigenvalue weighted by Gasteiger charge is -2.10. The molecular formula is C10H16N2OS. The van der Waals surface area contributed by atoms with Gasteiger partial charge < -0.3 is 10.6 Å². The first-order chi connectivity index (χ1) is 6.65. The van der Waals surface area contributed by atoms with Gasteiger partial charge in [0.25, 0.3) is 5.91 Å². The largest absolute Gasteiger partial charge is 0.350 e. The summed E-state index contributed by atoms with van der Waals surface area (Å²) >= 11 is 1.56. The van der Waals surface area contributed by atoms with Gasteiger partial charge in [0, 0.05) is 18.0 Å². The van der Waals surface area contributed by atoms with Crippen LogP contribution in [0.4, 0.5) is 0 Å². The molecular weight excluding hydrogens is 196 g/mol. The predicted molar refractivity (Wildman–Crippen MR) is 59.9 cm³/mol. The standard InChI is InChI=1S/C10H16N2OS/c1-7-5-14-6-9(7)10(13)12-4-8(2)11-3/h5-6,8,11H,4H2,1-3H3,(H,12,13). The molecule has 1 aromatic rings. The van der Waals surface area contributed by atoms with Crippen molar-refractivity contribution in [2.75, 3.05) is 13.6 Å². The average Bonchev–Trinajstić information content (AvgIpc) is 2.60. The fourth-order valence-electron chi connectivity index (χ4n) is 1.04. The van der Waals surface area contributed by atoms with Crippen LogP contribution in [0, 0.1) is 6.92 Å². The van der Waals surface area contributed by atoms with Gasteiger partial charge in [-0.25, -0.2) is 0 Å². The molecule has 1 unspecified atom stereocenters. The lowest BCUT2D eigenvalue weighted by molar-refractivity contribution is 0.0950. The van der Waals surface area contributed by atoms with E-state index < -0.39 is 0 Å². The normalized spacial score (nSPS) is 12.5. The van der Waals surface area contributed by atoms with Crippen molar-refractivity contribution in [3.05, 3.63) is 21.9 Å². The fraction of sp³-hybridized carbons (Fsp3) is 0.500. The minimum absolute atomic E-state index is 0.0193. The maximum atomic E-state index is 11.6. The van der Waals surface area contributed by atoms with Crippen LogP contribution in [-0.2, 0) is 0 Å². The van der Waals surface area contributed by atoms with Crippen molar-refractivity contribution in [2.24, 2.45) is 0 Å². The third kappa shape index (κ3) is 2.82. The van der Waals surface area contributed by atoms with Crippen LogP contribution in [0.3, 0.4) is 0 Å². The lowest BCUT2D eigenvalue weighted by Crippen LogP contribution is -2.37. The van der Waals surface area contributed by atoms with Crippen molar-refractivity contribution in [1.29, 1.82) is 0 Å². The van der Waals surface area contributed by atoms with E-state index >= 15 is 0 Å². The Morgan fingerprint density at radius 1 is 1.57 bits per heavy atom. The maximum Gasteiger partial charge on any atom is 0.252 e. The van der Waals surface area contributed by atoms with E-state index in [1.165, 1.54) is 0 Å². The van der Waals surface area contributed by atoms with Gasteiger partial charge in [0.05, 0.1) is 5.56 Å². The van der Waals surface area contributed by atoms with Crippen LogP contribution in [0.2, 0.25) is 0 Å². The van der Waals surface area contributed by atoms with Crippen molar-refractivity contribution in [3.8, 4) is 0 Å². The van der Waals surface area contributed by atoms with E-state index in [4.69, 9.17) is 0 Å². The van der Waals surface area contributed by atoms with Crippen LogP contribution < -0.4 is 10.6 Å². The van der Waals surface area contributed by atoms with Gasteiger partial charge in [0.2, 0.25) is 0 Å². The summed E-state index contributed by atoms with van der Waals surface area (Å²) in [6.45, 7) is 4.64. The second-order valence-corrected chi connectivity index (χ2v) is 4.11. The summed E-state index contributed by atoms with van der Waals surface area (Å²) in [7, 11) is 1.88. The molecule has 0 aliphatic heterocycles. The Labute approximate surface area is 88.5 Å². The highest BCUT2D eigenvalue weighted by Gasteiger charge is 2.09. The molecule has 0 fully saturated rings. The monoisotopic (exact) mass is 212 g/mol. The molecule has 1 atom stereocenters. The van der Waals surface area contributed by atoms with Gasteiger partial charge in [-0.2, -0.15) is 11.3 Å². The molecule has 0 aliphatic rings. The van der Waals surface area contributed by atoms with E-state index in [0.717, 1.165) is 11.1 Å². The highest BCUT2D eigenvalue weighted by molar-refractivity contribution is 7.08. The molecule has 1 rings (SSSR count). The van der Waals surface area contributed by atoms with E-state index in [9.17, 15) is 4.79 Å². The molecule has 1 amide bonds. The van der Waals surface area contributed by atoms with E-state index in [1.807, 2.05) is 31.7 Å². The summed E-state index contributed by atoms with van der Waals surface area (Å²) in [5, 5.41) is 9.82. The molecule has 3 nitrogen and oxygen atoms in total. The van der Waals surface area contributed by atoms with Crippen LogP contribution >= 0.6 is 11.3 Å². The van der Waals surface area contributed by atoms with Crippen molar-refractivity contribution >= 4 is 17.2 Å². The molecule has 1 heterocycles. The number of rotatable bonds is 4. The van der Waals surface area contributed by atoms with E-state index in [-0.39, 0.29) is 5.91 Å². The number of thiophene rings is 1. The van der Waals surface area contributed by atoms with Crippen LogP contribution in [0.5, 0.6) is 0 Å². The van der Waals surface area contributed by atoms with Crippen LogP contribution in [-0.4, -0.2) is 25.5 Å². The molecule has 0 bridgehead atoms. The van der Waals surface area contributed by atoms with E-state index in [0.29, 0.717) is 12.6 Å². The SMILES string of the molecule is CNC(C)CNC(=O)c1cscc1C. The minimum atomic E-state index is 0.0193. The van der Waals surface area contributed by atoms with Gasteiger partial charge in [-0.1, -0.05) is 0 Å². The van der Waals surface area contributed by atoms with Crippen LogP contribution in [0.1, 0.15) is 22.8 Å². The van der Waals surface area contributed by atoms with Gasteiger partial charge in [0.15, 0.2) is 0 Å². The minimum Gasteiger partial charge on any atom is -0.350 e. The smallest absolute Gasteiger partial charge is 0.252 e. The zero-order valence-corrected chi connectivity index (χ0v) is 9.57. The second kappa shape index (κ2) is 5.12. The summed E-state index contributed by atoms with van der Waals surface area (Å²) < 4.78 is 0. The van der Waals surface area contributed by atoms with E-state index in [1.54, 1.807) is 11.3 Å². The summed E-state index contributed by atoms with van der Waals surface area (Å²) in [5.74, 6) is 0.0193. The quantitative estimate of drug-likeness (QED) is 0.792. The number of carbonyl (C=O) groups is 1. The van der Waals surface area contributed by atoms with Gasteiger partial charge >= 0.3 is 0 Å². The molecule has 0 aliphatic carbocycles. The van der Waals surface area contributed by atoms with Crippen LogP contribution in [0.25, 0.3) is 0 Å². The molecule has 14 heavy (non-hydrogen) atoms. The molecule has 0 saturated heterocycles. The van der Waals surface area contributed by atoms with Crippen LogP contribution in [0.15, 0.2) is 10.8 Å². The molecule has 0 aromatic carbocycles. The van der Waals surface area contributed by atoms with Gasteiger partial charge in [0.1, 0.15) is 0 Å². The number of hydrogen-bond acceptors (Lipinski definition) is 3. The summed E-state index contributed by atoms with van der Waals surface area (Å²) in [6, 6.07) is 0.304. The summed E-state index contributed by atoms with van der Waals surface area (Å²) in [6.07, 6.45) is 0. The van der Waals surface area contributed by atoms with Gasteiger partial charge in [-0.15, -0.1) is 0 Å². The molecule has 0 spiro atoms. The number of carbonyl (C=O) groups excluding carboxylic acids is 1. The first kappa shape index (κ1) is 11.2. The first-order valence-electron chi connectivity index (χ1n) is 4.63. The fourth-order valence-corrected chi connectivity index (χ4v) is 1.86. The Bertz CT molecular complexity index is 309. The Balaban J connectivity index is 2.47. The molecule has 0 radical (unpaired) electrons. The molecule has 2 N–H and O–H groups in total. The zero-order valence-electron chi connectivity index (χ0n) is 8.76. The van der Waals surface area contributed by atoms with Gasteiger partial charge in [-0.3, -0.25) is 4.79 Å². The lowest BCUT2D eigenvalue weighted by atomic mass is 10.2. The summed E-state index contributed by atoms with van der Waals surface area (Å²) in [4.78, 5) is 11.6. The number of nitrogens with one attached hydrogen (secondary N) is 2. The first-order valence-corrected chi connectivity index (χ1v) is 5.57. The molecule has 1 aromatic heterocycles. The Hall–Kier alpha value is -0.870. The Morgan fingerprint density at radius 3 is 2.79 bits per heavy atom. The van der Waals surface area contributed by atoms with E-state index in [2.05, 4.69) is 10.6 Å². The molecule has 78 valence electrons. The van der Waals surface area contributed by atoms with Crippen molar-refractivity contribution in [1.82, 2.24) is 10.6 Å². The topological polar surface area (TPSA) is 41.1 Å². The van der Waals surface area contributed by atoms with Crippen molar-refractivity contribution in [3.63, 3.8) is 0 Å². The molecule has 4 heteroatoms. The number of amides is 1. The third-order valence-electron chi connectivity index (χ3n) is 2.16. The zero-order chi connectivity index (χ0) is 10.6.